The fourth-order valence-corrected chi connectivity index (χ4v) is 2.59. The van der Waals surface area contributed by atoms with Crippen LogP contribution in [-0.4, -0.2) is 14.5 Å². The summed E-state index contributed by atoms with van der Waals surface area (Å²) in [4.78, 5) is 20.4. The van der Waals surface area contributed by atoms with E-state index in [1.165, 1.54) is 23.7 Å². The van der Waals surface area contributed by atoms with Crippen molar-refractivity contribution in [3.63, 3.8) is 0 Å². The molecular formula is C15H9Cl2F2N3O. The highest BCUT2D eigenvalue weighted by Crippen LogP contribution is 2.31. The van der Waals surface area contributed by atoms with Crippen LogP contribution in [0.2, 0.25) is 10.2 Å². The molecule has 0 unspecified atom stereocenters. The molecule has 0 bridgehead atoms. The van der Waals surface area contributed by atoms with Crippen LogP contribution >= 0.6 is 23.2 Å². The number of aryl methyl sites for hydroxylation is 1. The summed E-state index contributed by atoms with van der Waals surface area (Å²) < 4.78 is 29.7. The van der Waals surface area contributed by atoms with E-state index >= 15 is 0 Å². The molecule has 0 N–H and O–H groups in total. The van der Waals surface area contributed by atoms with Crippen molar-refractivity contribution in [1.29, 1.82) is 0 Å². The number of halogens is 4. The van der Waals surface area contributed by atoms with E-state index in [1.54, 1.807) is 6.92 Å². The molecule has 0 fully saturated rings. The smallest absolute Gasteiger partial charge is 0.264 e. The Bertz CT molecular complexity index is 1020. The van der Waals surface area contributed by atoms with E-state index in [4.69, 9.17) is 23.2 Å². The third kappa shape index (κ3) is 2.48. The van der Waals surface area contributed by atoms with Crippen molar-refractivity contribution in [1.82, 2.24) is 14.5 Å². The molecule has 3 aromatic rings. The van der Waals surface area contributed by atoms with Crippen molar-refractivity contribution in [3.05, 3.63) is 56.2 Å². The summed E-state index contributed by atoms with van der Waals surface area (Å²) in [6, 6.07) is 3.93. The van der Waals surface area contributed by atoms with E-state index in [0.29, 0.717) is 5.82 Å². The van der Waals surface area contributed by atoms with Crippen LogP contribution in [0.15, 0.2) is 23.0 Å². The zero-order valence-corrected chi connectivity index (χ0v) is 13.5. The van der Waals surface area contributed by atoms with Crippen LogP contribution in [0, 0.1) is 18.6 Å². The SMILES string of the molecule is Cc1nc2c(-c3ccc(Cl)cc3F)nc(Cl)c(F)c2c(=O)n1C. The minimum atomic E-state index is -0.979. The summed E-state index contributed by atoms with van der Waals surface area (Å²) in [5.74, 6) is -1.32. The van der Waals surface area contributed by atoms with E-state index in [9.17, 15) is 13.6 Å². The Balaban J connectivity index is 2.52. The molecule has 0 aliphatic carbocycles. The fourth-order valence-electron chi connectivity index (χ4n) is 2.25. The van der Waals surface area contributed by atoms with Crippen LogP contribution in [0.5, 0.6) is 0 Å². The minimum absolute atomic E-state index is 0.0126. The maximum absolute atomic E-state index is 14.3. The largest absolute Gasteiger partial charge is 0.299 e. The first kappa shape index (κ1) is 15.8. The Labute approximate surface area is 139 Å². The van der Waals surface area contributed by atoms with Crippen molar-refractivity contribution < 1.29 is 8.78 Å². The lowest BCUT2D eigenvalue weighted by molar-refractivity contribution is 0.625. The summed E-state index contributed by atoms with van der Waals surface area (Å²) >= 11 is 11.5. The number of nitrogens with zero attached hydrogens (tertiary/aromatic N) is 3. The Morgan fingerprint density at radius 3 is 2.52 bits per heavy atom. The Kier molecular flexibility index (Phi) is 3.82. The van der Waals surface area contributed by atoms with Gasteiger partial charge < -0.3 is 0 Å². The van der Waals surface area contributed by atoms with Gasteiger partial charge in [-0.25, -0.2) is 18.7 Å². The molecule has 0 saturated carbocycles. The zero-order chi connectivity index (χ0) is 16.9. The summed E-state index contributed by atoms with van der Waals surface area (Å²) in [6.45, 7) is 1.58. The third-order valence-electron chi connectivity index (χ3n) is 3.54. The highest BCUT2D eigenvalue weighted by Gasteiger charge is 2.21. The second kappa shape index (κ2) is 5.54. The van der Waals surface area contributed by atoms with Gasteiger partial charge in [0.2, 0.25) is 0 Å². The lowest BCUT2D eigenvalue weighted by atomic mass is 10.1. The highest BCUT2D eigenvalue weighted by molar-refractivity contribution is 6.31. The van der Waals surface area contributed by atoms with Crippen LogP contribution in [-0.2, 0) is 7.05 Å². The molecule has 118 valence electrons. The molecule has 0 aliphatic rings. The predicted octanol–water partition coefficient (Wildman–Crippen LogP) is 3.89. The number of hydrogen-bond donors (Lipinski definition) is 0. The molecule has 0 saturated heterocycles. The maximum atomic E-state index is 14.3. The van der Waals surface area contributed by atoms with Crippen LogP contribution in [0.1, 0.15) is 5.82 Å². The summed E-state index contributed by atoms with van der Waals surface area (Å²) in [5, 5.41) is -0.657. The summed E-state index contributed by atoms with van der Waals surface area (Å²) in [5.41, 5.74) is -0.651. The number of benzene rings is 1. The van der Waals surface area contributed by atoms with Gasteiger partial charge >= 0.3 is 0 Å². The quantitative estimate of drug-likeness (QED) is 0.622. The summed E-state index contributed by atoms with van der Waals surface area (Å²) in [6.07, 6.45) is 0. The predicted molar refractivity (Wildman–Crippen MR) is 84.9 cm³/mol. The van der Waals surface area contributed by atoms with Crippen molar-refractivity contribution >= 4 is 34.1 Å². The number of rotatable bonds is 1. The highest BCUT2D eigenvalue weighted by atomic mass is 35.5. The van der Waals surface area contributed by atoms with Crippen LogP contribution in [0.25, 0.3) is 22.2 Å². The van der Waals surface area contributed by atoms with Crippen molar-refractivity contribution in [2.75, 3.05) is 0 Å². The molecule has 0 aliphatic heterocycles. The number of aromatic nitrogens is 3. The first-order chi connectivity index (χ1) is 10.8. The number of hydrogen-bond acceptors (Lipinski definition) is 3. The van der Waals surface area contributed by atoms with Crippen LogP contribution in [0.3, 0.4) is 0 Å². The molecule has 0 spiro atoms. The van der Waals surface area contributed by atoms with Gasteiger partial charge in [0, 0.05) is 17.6 Å². The fraction of sp³-hybridized carbons (Fsp3) is 0.133. The van der Waals surface area contributed by atoms with Crippen LogP contribution < -0.4 is 5.56 Å². The average molecular weight is 356 g/mol. The summed E-state index contributed by atoms with van der Waals surface area (Å²) in [7, 11) is 1.46. The Morgan fingerprint density at radius 2 is 1.87 bits per heavy atom. The third-order valence-corrected chi connectivity index (χ3v) is 4.02. The zero-order valence-electron chi connectivity index (χ0n) is 12.0. The van der Waals surface area contributed by atoms with Gasteiger partial charge in [0.05, 0.1) is 0 Å². The first-order valence-electron chi connectivity index (χ1n) is 6.49. The van der Waals surface area contributed by atoms with Gasteiger partial charge in [0.1, 0.15) is 28.2 Å². The van der Waals surface area contributed by atoms with Gasteiger partial charge in [-0.1, -0.05) is 23.2 Å². The molecule has 23 heavy (non-hydrogen) atoms. The standard InChI is InChI=1S/C15H9Cl2F2N3O/c1-6-20-13-10(15(23)22(6)2)11(19)14(17)21-12(13)8-4-3-7(16)5-9(8)18/h3-5H,1-2H3. The van der Waals surface area contributed by atoms with Crippen molar-refractivity contribution in [2.24, 2.45) is 7.05 Å². The van der Waals surface area contributed by atoms with Crippen molar-refractivity contribution in [3.8, 4) is 11.3 Å². The van der Waals surface area contributed by atoms with Gasteiger partial charge in [-0.2, -0.15) is 0 Å². The molecule has 8 heteroatoms. The molecule has 4 nitrogen and oxygen atoms in total. The van der Waals surface area contributed by atoms with Crippen molar-refractivity contribution in [2.45, 2.75) is 6.92 Å². The Morgan fingerprint density at radius 1 is 1.17 bits per heavy atom. The van der Waals surface area contributed by atoms with Gasteiger partial charge in [-0.05, 0) is 25.1 Å². The van der Waals surface area contributed by atoms with E-state index in [1.807, 2.05) is 0 Å². The molecule has 0 amide bonds. The second-order valence-corrected chi connectivity index (χ2v) is 5.73. The molecule has 2 aromatic heterocycles. The molecule has 0 radical (unpaired) electrons. The molecule has 2 heterocycles. The van der Waals surface area contributed by atoms with Gasteiger partial charge in [-0.3, -0.25) is 9.36 Å². The topological polar surface area (TPSA) is 47.8 Å². The molecule has 1 aromatic carbocycles. The maximum Gasteiger partial charge on any atom is 0.264 e. The number of pyridine rings is 1. The molecule has 0 atom stereocenters. The molecular weight excluding hydrogens is 347 g/mol. The molecule has 3 rings (SSSR count). The first-order valence-corrected chi connectivity index (χ1v) is 7.24. The monoisotopic (exact) mass is 355 g/mol. The van der Waals surface area contributed by atoms with Gasteiger partial charge in [-0.15, -0.1) is 0 Å². The van der Waals surface area contributed by atoms with E-state index in [0.717, 1.165) is 6.07 Å². The van der Waals surface area contributed by atoms with Gasteiger partial charge in [0.15, 0.2) is 11.0 Å². The lowest BCUT2D eigenvalue weighted by Gasteiger charge is -2.11. The van der Waals surface area contributed by atoms with E-state index < -0.39 is 22.3 Å². The second-order valence-electron chi connectivity index (χ2n) is 4.94. The van der Waals surface area contributed by atoms with Gasteiger partial charge in [0.25, 0.3) is 5.56 Å². The van der Waals surface area contributed by atoms with E-state index in [2.05, 4.69) is 9.97 Å². The van der Waals surface area contributed by atoms with Crippen LogP contribution in [0.4, 0.5) is 8.78 Å². The number of fused-ring (bicyclic) bond motifs is 1. The normalized spacial score (nSPS) is 11.2. The average Bonchev–Trinajstić information content (AvgIpc) is 2.49. The van der Waals surface area contributed by atoms with E-state index in [-0.39, 0.29) is 27.2 Å². The lowest BCUT2D eigenvalue weighted by Crippen LogP contribution is -2.22. The Hall–Kier alpha value is -2.05. The minimum Gasteiger partial charge on any atom is -0.299 e.